The number of aromatic nitrogens is 2. The molecule has 0 aliphatic heterocycles. The molecule has 0 aliphatic rings. The Morgan fingerprint density at radius 2 is 2.27 bits per heavy atom. The Bertz CT molecular complexity index is 270. The van der Waals surface area contributed by atoms with Crippen molar-refractivity contribution in [3.05, 3.63) is 18.2 Å². The third kappa shape index (κ3) is 3.86. The molecule has 86 valence electrons. The smallest absolute Gasteiger partial charge is 0.123 e. The van der Waals surface area contributed by atoms with Crippen molar-refractivity contribution in [1.82, 2.24) is 9.55 Å². The average Bonchev–Trinajstić information content (AvgIpc) is 2.71. The molecule has 0 N–H and O–H groups in total. The molecule has 1 rings (SSSR count). The lowest BCUT2D eigenvalue weighted by atomic mass is 9.99. The van der Waals surface area contributed by atoms with Crippen molar-refractivity contribution in [1.29, 1.82) is 0 Å². The third-order valence-corrected chi connectivity index (χ3v) is 3.16. The molecule has 3 heteroatoms. The summed E-state index contributed by atoms with van der Waals surface area (Å²) in [7, 11) is 0. The van der Waals surface area contributed by atoms with Crippen LogP contribution in [0.1, 0.15) is 45.4 Å². The minimum absolute atomic E-state index is 0.511. The van der Waals surface area contributed by atoms with E-state index in [4.69, 9.17) is 11.6 Å². The van der Waals surface area contributed by atoms with Crippen LogP contribution in [0.2, 0.25) is 0 Å². The molecule has 0 aromatic carbocycles. The molecule has 0 fully saturated rings. The number of hydrogen-bond donors (Lipinski definition) is 0. The zero-order valence-electron chi connectivity index (χ0n) is 9.75. The summed E-state index contributed by atoms with van der Waals surface area (Å²) in [6, 6.07) is 0. The van der Waals surface area contributed by atoms with Gasteiger partial charge in [-0.25, -0.2) is 4.98 Å². The Labute approximate surface area is 97.7 Å². The highest BCUT2D eigenvalue weighted by Crippen LogP contribution is 2.16. The summed E-state index contributed by atoms with van der Waals surface area (Å²) in [6.07, 6.45) is 9.02. The summed E-state index contributed by atoms with van der Waals surface area (Å²) in [5.41, 5.74) is 0. The van der Waals surface area contributed by atoms with Gasteiger partial charge in [0, 0.05) is 18.9 Å². The van der Waals surface area contributed by atoms with Crippen LogP contribution in [0.25, 0.3) is 0 Å². The number of rotatable bonds is 7. The largest absolute Gasteiger partial charge is 0.334 e. The van der Waals surface area contributed by atoms with Crippen molar-refractivity contribution in [3.8, 4) is 0 Å². The first-order chi connectivity index (χ1) is 7.31. The molecule has 1 heterocycles. The predicted octanol–water partition coefficient (Wildman–Crippen LogP) is 3.84. The van der Waals surface area contributed by atoms with Crippen LogP contribution in [0.15, 0.2) is 12.4 Å². The summed E-state index contributed by atoms with van der Waals surface area (Å²) in [5.74, 6) is 2.27. The molecule has 0 spiro atoms. The van der Waals surface area contributed by atoms with Crippen LogP contribution in [-0.4, -0.2) is 9.55 Å². The van der Waals surface area contributed by atoms with Crippen LogP contribution in [0.5, 0.6) is 0 Å². The van der Waals surface area contributed by atoms with E-state index in [0.717, 1.165) is 18.3 Å². The lowest BCUT2D eigenvalue weighted by molar-refractivity contribution is 0.386. The summed E-state index contributed by atoms with van der Waals surface area (Å²) in [4.78, 5) is 4.23. The van der Waals surface area contributed by atoms with Gasteiger partial charge in [0.2, 0.25) is 0 Å². The predicted molar refractivity (Wildman–Crippen MR) is 65.1 cm³/mol. The van der Waals surface area contributed by atoms with E-state index in [2.05, 4.69) is 23.4 Å². The van der Waals surface area contributed by atoms with Crippen molar-refractivity contribution in [3.63, 3.8) is 0 Å². The van der Waals surface area contributed by atoms with Gasteiger partial charge in [0.05, 0.1) is 5.88 Å². The second-order valence-corrected chi connectivity index (χ2v) is 4.31. The molecule has 1 unspecified atom stereocenters. The second kappa shape index (κ2) is 6.89. The fourth-order valence-corrected chi connectivity index (χ4v) is 2.06. The molecule has 0 aliphatic carbocycles. The van der Waals surface area contributed by atoms with E-state index < -0.39 is 0 Å². The highest BCUT2D eigenvalue weighted by molar-refractivity contribution is 6.16. The average molecular weight is 229 g/mol. The van der Waals surface area contributed by atoms with Crippen LogP contribution in [-0.2, 0) is 12.4 Å². The van der Waals surface area contributed by atoms with Crippen molar-refractivity contribution >= 4 is 11.6 Å². The molecule has 0 bridgehead atoms. The lowest BCUT2D eigenvalue weighted by Crippen LogP contribution is -2.11. The van der Waals surface area contributed by atoms with Gasteiger partial charge in [-0.3, -0.25) is 0 Å². The highest BCUT2D eigenvalue weighted by Gasteiger charge is 2.09. The maximum atomic E-state index is 5.82. The maximum absolute atomic E-state index is 5.82. The molecule has 1 aromatic heterocycles. The number of unbranched alkanes of at least 4 members (excludes halogenated alkanes) is 1. The van der Waals surface area contributed by atoms with Gasteiger partial charge >= 0.3 is 0 Å². The topological polar surface area (TPSA) is 17.8 Å². The Hall–Kier alpha value is -0.500. The minimum atomic E-state index is 0.511. The molecule has 0 radical (unpaired) electrons. The van der Waals surface area contributed by atoms with Gasteiger partial charge in [-0.2, -0.15) is 0 Å². The van der Waals surface area contributed by atoms with Crippen LogP contribution in [0.4, 0.5) is 0 Å². The molecule has 2 nitrogen and oxygen atoms in total. The molecule has 15 heavy (non-hydrogen) atoms. The molecular weight excluding hydrogens is 208 g/mol. The standard InChI is InChI=1S/C12H21ClN2/c1-3-5-6-11(4-2)10-15-8-7-14-12(15)9-13/h7-8,11H,3-6,9-10H2,1-2H3. The van der Waals surface area contributed by atoms with E-state index in [1.165, 1.54) is 25.7 Å². The van der Waals surface area contributed by atoms with Crippen LogP contribution in [0.3, 0.4) is 0 Å². The summed E-state index contributed by atoms with van der Waals surface area (Å²) >= 11 is 5.82. The number of alkyl halides is 1. The van der Waals surface area contributed by atoms with Crippen LogP contribution in [0, 0.1) is 5.92 Å². The van der Waals surface area contributed by atoms with Gasteiger partial charge in [0.1, 0.15) is 5.82 Å². The molecule has 0 amide bonds. The van der Waals surface area contributed by atoms with Gasteiger partial charge in [-0.05, 0) is 12.3 Å². The number of nitrogens with zero attached hydrogens (tertiary/aromatic N) is 2. The van der Waals surface area contributed by atoms with E-state index in [9.17, 15) is 0 Å². The fourth-order valence-electron chi connectivity index (χ4n) is 1.83. The monoisotopic (exact) mass is 228 g/mol. The highest BCUT2D eigenvalue weighted by atomic mass is 35.5. The van der Waals surface area contributed by atoms with Crippen molar-refractivity contribution in [2.24, 2.45) is 5.92 Å². The molecule has 0 saturated carbocycles. The quantitative estimate of drug-likeness (QED) is 0.649. The summed E-state index contributed by atoms with van der Waals surface area (Å²) in [5, 5.41) is 0. The Morgan fingerprint density at radius 3 is 2.87 bits per heavy atom. The first-order valence-corrected chi connectivity index (χ1v) is 6.41. The molecule has 1 atom stereocenters. The van der Waals surface area contributed by atoms with Gasteiger partial charge < -0.3 is 4.57 Å². The molecule has 1 aromatic rings. The van der Waals surface area contributed by atoms with E-state index in [-0.39, 0.29) is 0 Å². The van der Waals surface area contributed by atoms with E-state index >= 15 is 0 Å². The lowest BCUT2D eigenvalue weighted by Gasteiger charge is -2.16. The maximum Gasteiger partial charge on any atom is 0.123 e. The number of halogens is 1. The van der Waals surface area contributed by atoms with Gasteiger partial charge in [-0.1, -0.05) is 33.1 Å². The molecule has 0 saturated heterocycles. The van der Waals surface area contributed by atoms with Crippen LogP contribution < -0.4 is 0 Å². The zero-order chi connectivity index (χ0) is 11.1. The van der Waals surface area contributed by atoms with Gasteiger partial charge in [-0.15, -0.1) is 11.6 Å². The van der Waals surface area contributed by atoms with Gasteiger partial charge in [0.25, 0.3) is 0 Å². The minimum Gasteiger partial charge on any atom is -0.334 e. The normalized spacial score (nSPS) is 13.0. The van der Waals surface area contributed by atoms with Gasteiger partial charge in [0.15, 0.2) is 0 Å². The second-order valence-electron chi connectivity index (χ2n) is 4.05. The van der Waals surface area contributed by atoms with E-state index in [1.54, 1.807) is 0 Å². The Kier molecular flexibility index (Phi) is 5.77. The van der Waals surface area contributed by atoms with E-state index in [1.807, 2.05) is 12.4 Å². The number of hydrogen-bond acceptors (Lipinski definition) is 1. The van der Waals surface area contributed by atoms with E-state index in [0.29, 0.717) is 5.88 Å². The zero-order valence-corrected chi connectivity index (χ0v) is 10.5. The van der Waals surface area contributed by atoms with Crippen molar-refractivity contribution < 1.29 is 0 Å². The summed E-state index contributed by atoms with van der Waals surface area (Å²) in [6.45, 7) is 5.57. The third-order valence-electron chi connectivity index (χ3n) is 2.92. The molecular formula is C12H21ClN2. The fraction of sp³-hybridized carbons (Fsp3) is 0.750. The SMILES string of the molecule is CCCCC(CC)Cn1ccnc1CCl. The Balaban J connectivity index is 2.50. The first-order valence-electron chi connectivity index (χ1n) is 5.87. The number of imidazole rings is 1. The Morgan fingerprint density at radius 1 is 1.47 bits per heavy atom. The summed E-state index contributed by atoms with van der Waals surface area (Å²) < 4.78 is 2.19. The van der Waals surface area contributed by atoms with Crippen LogP contribution >= 0.6 is 11.6 Å². The van der Waals surface area contributed by atoms with Crippen molar-refractivity contribution in [2.75, 3.05) is 0 Å². The first kappa shape index (κ1) is 12.6. The van der Waals surface area contributed by atoms with Crippen molar-refractivity contribution in [2.45, 2.75) is 52.0 Å².